The first-order valence-corrected chi connectivity index (χ1v) is 8.47. The summed E-state index contributed by atoms with van der Waals surface area (Å²) in [6.07, 6.45) is 1.70. The van der Waals surface area contributed by atoms with Crippen molar-refractivity contribution in [3.63, 3.8) is 0 Å². The highest BCUT2D eigenvalue weighted by molar-refractivity contribution is 5.80. The monoisotopic (exact) mass is 356 g/mol. The van der Waals surface area contributed by atoms with Crippen LogP contribution >= 0.6 is 0 Å². The standard InChI is InChI=1S/C21H16N4O2/c1-12-4-6-14(3)17(8-12)25-19-16(9-15(10-22)20(25)26)21(27)24-11-13(2)5-7-18(24)23-19/h4-9,11H,1-3H3. The Labute approximate surface area is 154 Å². The van der Waals surface area contributed by atoms with Crippen LogP contribution in [0.4, 0.5) is 0 Å². The first kappa shape index (κ1) is 16.7. The summed E-state index contributed by atoms with van der Waals surface area (Å²) < 4.78 is 2.81. The van der Waals surface area contributed by atoms with Gasteiger partial charge in [-0.3, -0.25) is 18.6 Å². The molecular weight excluding hydrogens is 340 g/mol. The molecule has 1 aromatic carbocycles. The van der Waals surface area contributed by atoms with Crippen molar-refractivity contribution >= 4 is 16.7 Å². The molecule has 0 unspecified atom stereocenters. The molecule has 0 saturated heterocycles. The van der Waals surface area contributed by atoms with Crippen molar-refractivity contribution in [3.05, 3.63) is 85.6 Å². The van der Waals surface area contributed by atoms with Gasteiger partial charge in [-0.05, 0) is 55.7 Å². The van der Waals surface area contributed by atoms with Crippen LogP contribution < -0.4 is 11.1 Å². The molecule has 0 saturated carbocycles. The van der Waals surface area contributed by atoms with Crippen LogP contribution in [0.1, 0.15) is 22.3 Å². The Bertz CT molecular complexity index is 1400. The Kier molecular flexibility index (Phi) is 3.67. The maximum atomic E-state index is 13.1. The van der Waals surface area contributed by atoms with Gasteiger partial charge in [0.2, 0.25) is 0 Å². The van der Waals surface area contributed by atoms with E-state index in [2.05, 4.69) is 4.98 Å². The van der Waals surface area contributed by atoms with Crippen molar-refractivity contribution < 1.29 is 0 Å². The molecule has 0 bridgehead atoms. The Morgan fingerprint density at radius 3 is 2.44 bits per heavy atom. The van der Waals surface area contributed by atoms with Gasteiger partial charge in [-0.1, -0.05) is 18.2 Å². The summed E-state index contributed by atoms with van der Waals surface area (Å²) >= 11 is 0. The van der Waals surface area contributed by atoms with Crippen LogP contribution in [0.5, 0.6) is 0 Å². The fraction of sp³-hybridized carbons (Fsp3) is 0.143. The Morgan fingerprint density at radius 2 is 1.70 bits per heavy atom. The van der Waals surface area contributed by atoms with Crippen LogP contribution in [0.3, 0.4) is 0 Å². The summed E-state index contributed by atoms with van der Waals surface area (Å²) in [5.74, 6) is 0. The Hall–Kier alpha value is -3.72. The Morgan fingerprint density at radius 1 is 0.963 bits per heavy atom. The third kappa shape index (κ3) is 2.52. The fourth-order valence-corrected chi connectivity index (χ4v) is 3.23. The van der Waals surface area contributed by atoms with Crippen LogP contribution in [-0.2, 0) is 0 Å². The lowest BCUT2D eigenvalue weighted by molar-refractivity contribution is 0.970. The number of pyridine rings is 2. The van der Waals surface area contributed by atoms with Gasteiger partial charge < -0.3 is 0 Å². The van der Waals surface area contributed by atoms with E-state index in [1.165, 1.54) is 15.0 Å². The summed E-state index contributed by atoms with van der Waals surface area (Å²) in [4.78, 5) is 30.6. The second-order valence-electron chi connectivity index (χ2n) is 6.69. The molecule has 3 aromatic heterocycles. The highest BCUT2D eigenvalue weighted by Crippen LogP contribution is 2.19. The summed E-state index contributed by atoms with van der Waals surface area (Å²) in [6.45, 7) is 5.68. The molecule has 0 aliphatic heterocycles. The third-order valence-corrected chi connectivity index (χ3v) is 4.65. The molecule has 6 nitrogen and oxygen atoms in total. The number of fused-ring (bicyclic) bond motifs is 2. The molecule has 0 aliphatic carbocycles. The smallest absolute Gasteiger partial charge is 0.268 e. The van der Waals surface area contributed by atoms with Gasteiger partial charge in [0.25, 0.3) is 11.1 Å². The molecular formula is C21H16N4O2. The zero-order chi connectivity index (χ0) is 19.3. The van der Waals surface area contributed by atoms with Gasteiger partial charge in [0.15, 0.2) is 5.65 Å². The van der Waals surface area contributed by atoms with E-state index in [0.29, 0.717) is 11.3 Å². The number of nitrogens with zero attached hydrogens (tertiary/aromatic N) is 4. The minimum Gasteiger partial charge on any atom is -0.268 e. The van der Waals surface area contributed by atoms with Crippen molar-refractivity contribution in [1.82, 2.24) is 14.0 Å². The molecule has 27 heavy (non-hydrogen) atoms. The predicted molar refractivity (Wildman–Crippen MR) is 103 cm³/mol. The summed E-state index contributed by atoms with van der Waals surface area (Å²) in [7, 11) is 0. The third-order valence-electron chi connectivity index (χ3n) is 4.65. The highest BCUT2D eigenvalue weighted by Gasteiger charge is 2.17. The summed E-state index contributed by atoms with van der Waals surface area (Å²) in [5.41, 5.74) is 3.16. The van der Waals surface area contributed by atoms with Crippen molar-refractivity contribution in [1.29, 1.82) is 5.26 Å². The summed E-state index contributed by atoms with van der Waals surface area (Å²) in [5, 5.41) is 9.66. The fourth-order valence-electron chi connectivity index (χ4n) is 3.23. The van der Waals surface area contributed by atoms with E-state index in [0.717, 1.165) is 16.7 Å². The number of benzene rings is 1. The van der Waals surface area contributed by atoms with E-state index >= 15 is 0 Å². The molecule has 3 heterocycles. The first-order valence-electron chi connectivity index (χ1n) is 8.47. The Balaban J connectivity index is 2.29. The normalized spacial score (nSPS) is 11.0. The van der Waals surface area contributed by atoms with Crippen LogP contribution in [0, 0.1) is 32.1 Å². The van der Waals surface area contributed by atoms with Crippen molar-refractivity contribution in [2.45, 2.75) is 20.8 Å². The van der Waals surface area contributed by atoms with Gasteiger partial charge in [-0.2, -0.15) is 5.26 Å². The predicted octanol–water partition coefficient (Wildman–Crippen LogP) is 2.80. The maximum Gasteiger partial charge on any atom is 0.274 e. The number of aryl methyl sites for hydroxylation is 3. The van der Waals surface area contributed by atoms with E-state index in [1.807, 2.05) is 51.1 Å². The van der Waals surface area contributed by atoms with E-state index in [-0.39, 0.29) is 22.2 Å². The highest BCUT2D eigenvalue weighted by atomic mass is 16.1. The number of hydrogen-bond donors (Lipinski definition) is 0. The van der Waals surface area contributed by atoms with E-state index < -0.39 is 5.56 Å². The van der Waals surface area contributed by atoms with Gasteiger partial charge in [0, 0.05) is 6.20 Å². The van der Waals surface area contributed by atoms with Crippen molar-refractivity contribution in [3.8, 4) is 11.8 Å². The molecule has 132 valence electrons. The quantitative estimate of drug-likeness (QED) is 0.491. The SMILES string of the molecule is Cc1ccc(C)c(-n2c(=O)c(C#N)cc3c(=O)n4cc(C)ccc4nc32)c1. The van der Waals surface area contributed by atoms with E-state index in [4.69, 9.17) is 0 Å². The first-order chi connectivity index (χ1) is 12.9. The number of nitriles is 1. The molecule has 0 N–H and O–H groups in total. The molecule has 0 fully saturated rings. The average Bonchev–Trinajstić information content (AvgIpc) is 2.65. The van der Waals surface area contributed by atoms with Crippen LogP contribution in [0.15, 0.2) is 52.2 Å². The minimum absolute atomic E-state index is 0.0880. The van der Waals surface area contributed by atoms with E-state index in [1.54, 1.807) is 12.3 Å². The lowest BCUT2D eigenvalue weighted by atomic mass is 10.1. The zero-order valence-electron chi connectivity index (χ0n) is 15.1. The molecule has 0 radical (unpaired) electrons. The second-order valence-corrected chi connectivity index (χ2v) is 6.69. The molecule has 0 atom stereocenters. The van der Waals surface area contributed by atoms with E-state index in [9.17, 15) is 14.9 Å². The minimum atomic E-state index is -0.484. The van der Waals surface area contributed by atoms with Crippen molar-refractivity contribution in [2.24, 2.45) is 0 Å². The van der Waals surface area contributed by atoms with Crippen LogP contribution in [0.2, 0.25) is 0 Å². The number of rotatable bonds is 1. The molecule has 0 aliphatic rings. The van der Waals surface area contributed by atoms with Crippen LogP contribution in [0.25, 0.3) is 22.4 Å². The molecule has 0 amide bonds. The topological polar surface area (TPSA) is 80.2 Å². The van der Waals surface area contributed by atoms with Crippen molar-refractivity contribution in [2.75, 3.05) is 0 Å². The number of aromatic nitrogens is 3. The van der Waals surface area contributed by atoms with Crippen LogP contribution in [-0.4, -0.2) is 14.0 Å². The largest absolute Gasteiger partial charge is 0.274 e. The average molecular weight is 356 g/mol. The zero-order valence-corrected chi connectivity index (χ0v) is 15.1. The number of hydrogen-bond acceptors (Lipinski definition) is 4. The van der Waals surface area contributed by atoms with Gasteiger partial charge in [-0.15, -0.1) is 0 Å². The molecule has 0 spiro atoms. The molecule has 4 rings (SSSR count). The lowest BCUT2D eigenvalue weighted by Gasteiger charge is -2.14. The maximum absolute atomic E-state index is 13.1. The van der Waals surface area contributed by atoms with Gasteiger partial charge in [0.1, 0.15) is 17.3 Å². The second kappa shape index (κ2) is 5.92. The van der Waals surface area contributed by atoms with Gasteiger partial charge >= 0.3 is 0 Å². The molecule has 6 heteroatoms. The summed E-state index contributed by atoms with van der Waals surface area (Å²) in [6, 6.07) is 12.6. The molecule has 4 aromatic rings. The lowest BCUT2D eigenvalue weighted by Crippen LogP contribution is -2.26. The van der Waals surface area contributed by atoms with Gasteiger partial charge in [0.05, 0.1) is 11.1 Å². The van der Waals surface area contributed by atoms with Gasteiger partial charge in [-0.25, -0.2) is 4.98 Å².